The van der Waals surface area contributed by atoms with Crippen LogP contribution in [0.1, 0.15) is 33.0 Å². The van der Waals surface area contributed by atoms with Crippen LogP contribution in [0.5, 0.6) is 0 Å². The number of carboxylic acid groups (broad SMARTS) is 1. The van der Waals surface area contributed by atoms with E-state index >= 15 is 0 Å². The summed E-state index contributed by atoms with van der Waals surface area (Å²) in [7, 11) is 0. The molecule has 0 atom stereocenters. The predicted octanol–water partition coefficient (Wildman–Crippen LogP) is 3.08. The van der Waals surface area contributed by atoms with Crippen LogP contribution in [0.3, 0.4) is 0 Å². The molecule has 0 spiro atoms. The van der Waals surface area contributed by atoms with E-state index in [0.29, 0.717) is 29.1 Å². The zero-order valence-corrected chi connectivity index (χ0v) is 11.2. The maximum Gasteiger partial charge on any atom is 0.372 e. The molecule has 5 heteroatoms. The smallest absolute Gasteiger partial charge is 0.372 e. The Morgan fingerprint density at radius 3 is 2.75 bits per heavy atom. The van der Waals surface area contributed by atoms with Crippen LogP contribution in [-0.2, 0) is 6.54 Å². The van der Waals surface area contributed by atoms with Crippen molar-refractivity contribution in [1.29, 1.82) is 5.26 Å². The first-order valence-corrected chi connectivity index (χ1v) is 6.09. The zero-order valence-electron chi connectivity index (χ0n) is 11.2. The van der Waals surface area contributed by atoms with Crippen molar-refractivity contribution in [2.24, 2.45) is 0 Å². The molecule has 2 rings (SSSR count). The molecule has 0 saturated heterocycles. The van der Waals surface area contributed by atoms with Crippen molar-refractivity contribution in [3.05, 3.63) is 52.5 Å². The molecule has 0 saturated carbocycles. The molecule has 0 aliphatic rings. The molecule has 0 aliphatic carbocycles. The SMILES string of the molecule is Cc1cc(CNc2cccc(C)c2C#N)oc1C(=O)O. The number of carbonyl (C=O) groups is 1. The third kappa shape index (κ3) is 2.64. The zero-order chi connectivity index (χ0) is 14.7. The van der Waals surface area contributed by atoms with E-state index in [0.717, 1.165) is 5.56 Å². The average Bonchev–Trinajstić information content (AvgIpc) is 2.78. The number of furan rings is 1. The minimum atomic E-state index is -1.08. The molecular formula is C15H14N2O3. The first kappa shape index (κ1) is 13.7. The van der Waals surface area contributed by atoms with Gasteiger partial charge in [0, 0.05) is 5.56 Å². The van der Waals surface area contributed by atoms with Gasteiger partial charge in [-0.3, -0.25) is 0 Å². The summed E-state index contributed by atoms with van der Waals surface area (Å²) in [5.74, 6) is -0.612. The number of anilines is 1. The minimum Gasteiger partial charge on any atom is -0.475 e. The standard InChI is InChI=1S/C15H14N2O3/c1-9-4-3-5-13(12(9)7-16)17-8-11-6-10(2)14(20-11)15(18)19/h3-6,17H,8H2,1-2H3,(H,18,19). The van der Waals surface area contributed by atoms with Crippen molar-refractivity contribution in [3.63, 3.8) is 0 Å². The fourth-order valence-electron chi connectivity index (χ4n) is 1.99. The second-order valence-electron chi connectivity index (χ2n) is 4.49. The van der Waals surface area contributed by atoms with E-state index in [1.54, 1.807) is 19.1 Å². The molecule has 1 heterocycles. The van der Waals surface area contributed by atoms with Gasteiger partial charge in [-0.25, -0.2) is 4.79 Å². The molecule has 0 unspecified atom stereocenters. The Labute approximate surface area is 116 Å². The molecule has 1 aromatic heterocycles. The molecule has 20 heavy (non-hydrogen) atoms. The van der Waals surface area contributed by atoms with E-state index in [4.69, 9.17) is 14.8 Å². The fourth-order valence-corrected chi connectivity index (χ4v) is 1.99. The molecule has 0 radical (unpaired) electrons. The molecule has 0 amide bonds. The quantitative estimate of drug-likeness (QED) is 0.891. The van der Waals surface area contributed by atoms with Crippen molar-refractivity contribution in [2.45, 2.75) is 20.4 Å². The van der Waals surface area contributed by atoms with Crippen LogP contribution in [0, 0.1) is 25.2 Å². The van der Waals surface area contributed by atoms with Crippen LogP contribution in [0.4, 0.5) is 5.69 Å². The lowest BCUT2D eigenvalue weighted by Crippen LogP contribution is -2.01. The Bertz CT molecular complexity index is 696. The Hall–Kier alpha value is -2.74. The van der Waals surface area contributed by atoms with Gasteiger partial charge in [-0.15, -0.1) is 0 Å². The van der Waals surface area contributed by atoms with Gasteiger partial charge < -0.3 is 14.8 Å². The van der Waals surface area contributed by atoms with Gasteiger partial charge in [0.2, 0.25) is 5.76 Å². The van der Waals surface area contributed by atoms with Crippen molar-refractivity contribution in [1.82, 2.24) is 0 Å². The molecule has 102 valence electrons. The molecule has 0 aliphatic heterocycles. The van der Waals surface area contributed by atoms with Crippen LogP contribution < -0.4 is 5.32 Å². The number of nitrogens with one attached hydrogen (secondary N) is 1. The van der Waals surface area contributed by atoms with Gasteiger partial charge in [-0.1, -0.05) is 12.1 Å². The van der Waals surface area contributed by atoms with Crippen LogP contribution in [-0.4, -0.2) is 11.1 Å². The van der Waals surface area contributed by atoms with E-state index in [9.17, 15) is 4.79 Å². The maximum absolute atomic E-state index is 10.9. The van der Waals surface area contributed by atoms with Crippen molar-refractivity contribution in [3.8, 4) is 6.07 Å². The van der Waals surface area contributed by atoms with Gasteiger partial charge in [0.05, 0.1) is 17.8 Å². The fraction of sp³-hybridized carbons (Fsp3) is 0.200. The van der Waals surface area contributed by atoms with Crippen molar-refractivity contribution in [2.75, 3.05) is 5.32 Å². The topological polar surface area (TPSA) is 86.3 Å². The number of aromatic carboxylic acids is 1. The molecule has 2 aromatic rings. The molecular weight excluding hydrogens is 256 g/mol. The lowest BCUT2D eigenvalue weighted by atomic mass is 10.1. The summed E-state index contributed by atoms with van der Waals surface area (Å²) in [5.41, 5.74) is 2.76. The van der Waals surface area contributed by atoms with Gasteiger partial charge in [0.25, 0.3) is 0 Å². The Morgan fingerprint density at radius 1 is 1.40 bits per heavy atom. The molecule has 0 fully saturated rings. The van der Waals surface area contributed by atoms with Gasteiger partial charge in [-0.05, 0) is 31.5 Å². The summed E-state index contributed by atoms with van der Waals surface area (Å²) >= 11 is 0. The third-order valence-corrected chi connectivity index (χ3v) is 3.00. The highest BCUT2D eigenvalue weighted by atomic mass is 16.4. The van der Waals surface area contributed by atoms with Crippen LogP contribution in [0.25, 0.3) is 0 Å². The number of rotatable bonds is 4. The number of carboxylic acids is 1. The summed E-state index contributed by atoms with van der Waals surface area (Å²) in [6.45, 7) is 3.87. The van der Waals surface area contributed by atoms with E-state index in [2.05, 4.69) is 11.4 Å². The normalized spacial score (nSPS) is 10.1. The summed E-state index contributed by atoms with van der Waals surface area (Å²) < 4.78 is 5.26. The number of hydrogen-bond acceptors (Lipinski definition) is 4. The van der Waals surface area contributed by atoms with Gasteiger partial charge in [-0.2, -0.15) is 5.26 Å². The highest BCUT2D eigenvalue weighted by molar-refractivity contribution is 5.86. The number of benzene rings is 1. The molecule has 1 aromatic carbocycles. The second kappa shape index (κ2) is 5.49. The number of nitrogens with zero attached hydrogens (tertiary/aromatic N) is 1. The van der Waals surface area contributed by atoms with Crippen molar-refractivity contribution < 1.29 is 14.3 Å². The second-order valence-corrected chi connectivity index (χ2v) is 4.49. The predicted molar refractivity (Wildman–Crippen MR) is 73.6 cm³/mol. The van der Waals surface area contributed by atoms with E-state index in [-0.39, 0.29) is 5.76 Å². The van der Waals surface area contributed by atoms with Crippen LogP contribution in [0.15, 0.2) is 28.7 Å². The largest absolute Gasteiger partial charge is 0.475 e. The highest BCUT2D eigenvalue weighted by Crippen LogP contribution is 2.20. The summed E-state index contributed by atoms with van der Waals surface area (Å²) in [5, 5.41) is 21.1. The van der Waals surface area contributed by atoms with E-state index < -0.39 is 5.97 Å². The van der Waals surface area contributed by atoms with E-state index in [1.165, 1.54) is 0 Å². The maximum atomic E-state index is 10.9. The Morgan fingerprint density at radius 2 is 2.15 bits per heavy atom. The third-order valence-electron chi connectivity index (χ3n) is 3.00. The first-order valence-electron chi connectivity index (χ1n) is 6.09. The monoisotopic (exact) mass is 270 g/mol. The average molecular weight is 270 g/mol. The Kier molecular flexibility index (Phi) is 3.76. The number of hydrogen-bond donors (Lipinski definition) is 2. The lowest BCUT2D eigenvalue weighted by molar-refractivity contribution is 0.0659. The minimum absolute atomic E-state index is 0.0495. The number of nitriles is 1. The molecule has 0 bridgehead atoms. The number of aryl methyl sites for hydroxylation is 2. The van der Waals surface area contributed by atoms with Gasteiger partial charge >= 0.3 is 5.97 Å². The Balaban J connectivity index is 2.18. The lowest BCUT2D eigenvalue weighted by Gasteiger charge is -2.08. The van der Waals surface area contributed by atoms with Crippen molar-refractivity contribution >= 4 is 11.7 Å². The van der Waals surface area contributed by atoms with Gasteiger partial charge in [0.1, 0.15) is 11.8 Å². The van der Waals surface area contributed by atoms with E-state index in [1.807, 2.05) is 19.1 Å². The van der Waals surface area contributed by atoms with Crippen LogP contribution in [0.2, 0.25) is 0 Å². The summed E-state index contributed by atoms with van der Waals surface area (Å²) in [4.78, 5) is 10.9. The highest BCUT2D eigenvalue weighted by Gasteiger charge is 2.14. The molecule has 5 nitrogen and oxygen atoms in total. The molecule has 2 N–H and O–H groups in total. The van der Waals surface area contributed by atoms with Crippen LogP contribution >= 0.6 is 0 Å². The van der Waals surface area contributed by atoms with Gasteiger partial charge in [0.15, 0.2) is 0 Å². The first-order chi connectivity index (χ1) is 9.52. The summed E-state index contributed by atoms with van der Waals surface area (Å²) in [6, 6.07) is 9.35. The summed E-state index contributed by atoms with van der Waals surface area (Å²) in [6.07, 6.45) is 0.